The van der Waals surface area contributed by atoms with E-state index in [0.29, 0.717) is 24.4 Å². The first-order valence-corrected chi connectivity index (χ1v) is 8.83. The first-order valence-electron chi connectivity index (χ1n) is 7.75. The molecule has 0 aliphatic heterocycles. The van der Waals surface area contributed by atoms with Crippen molar-refractivity contribution in [2.45, 2.75) is 0 Å². The number of ether oxygens (including phenoxy) is 1. The van der Waals surface area contributed by atoms with Crippen molar-refractivity contribution < 1.29 is 14.3 Å². The molecule has 2 rings (SSSR count). The summed E-state index contributed by atoms with van der Waals surface area (Å²) in [5, 5.41) is 8.58. The van der Waals surface area contributed by atoms with Gasteiger partial charge >= 0.3 is 0 Å². The monoisotopic (exact) mass is 453 g/mol. The second kappa shape index (κ2) is 10.00. The maximum atomic E-state index is 12.1. The Morgan fingerprint density at radius 3 is 2.56 bits per heavy atom. The van der Waals surface area contributed by atoms with Crippen molar-refractivity contribution in [3.63, 3.8) is 0 Å². The van der Waals surface area contributed by atoms with E-state index in [-0.39, 0.29) is 18.4 Å². The Morgan fingerprint density at radius 1 is 1.08 bits per heavy atom. The molecule has 0 saturated heterocycles. The predicted octanol–water partition coefficient (Wildman–Crippen LogP) is 2.72. The summed E-state index contributed by atoms with van der Waals surface area (Å²) in [5.41, 5.74) is 1.94. The zero-order chi connectivity index (χ0) is 18.1. The van der Waals surface area contributed by atoms with Crippen molar-refractivity contribution in [1.29, 1.82) is 0 Å². The fourth-order valence-corrected chi connectivity index (χ4v) is 2.42. The molecular weight excluding hydrogens is 433 g/mol. The number of carbonyl (C=O) groups is 2. The molecule has 3 N–H and O–H groups in total. The quantitative estimate of drug-likeness (QED) is 0.425. The van der Waals surface area contributed by atoms with Gasteiger partial charge in [-0.25, -0.2) is 0 Å². The number of carbonyl (C=O) groups excluding carboxylic acids is 2. The van der Waals surface area contributed by atoms with Gasteiger partial charge in [-0.3, -0.25) is 9.59 Å². The van der Waals surface area contributed by atoms with Crippen LogP contribution in [0.25, 0.3) is 0 Å². The molecule has 6 nitrogen and oxygen atoms in total. The first kappa shape index (κ1) is 19.2. The normalized spacial score (nSPS) is 10.2. The second-order valence-electron chi connectivity index (χ2n) is 5.24. The van der Waals surface area contributed by atoms with E-state index in [1.807, 2.05) is 24.3 Å². The number of benzene rings is 2. The molecule has 132 valence electrons. The third-order valence-corrected chi connectivity index (χ3v) is 4.02. The lowest BCUT2D eigenvalue weighted by molar-refractivity contribution is -0.114. The van der Waals surface area contributed by atoms with Crippen LogP contribution in [0.15, 0.2) is 48.5 Å². The highest BCUT2D eigenvalue weighted by atomic mass is 127. The van der Waals surface area contributed by atoms with E-state index in [9.17, 15) is 9.59 Å². The second-order valence-corrected chi connectivity index (χ2v) is 6.48. The standard InChI is InChI=1S/C18H20IN3O3/c1-25-10-9-20-18(24)13-3-2-4-16(11-13)22-17(23)12-21-15-7-5-14(19)6-8-15/h2-8,11,21H,9-10,12H2,1H3,(H,20,24)(H,22,23). The van der Waals surface area contributed by atoms with Crippen LogP contribution in [0, 0.1) is 3.57 Å². The molecular formula is C18H20IN3O3. The summed E-state index contributed by atoms with van der Waals surface area (Å²) in [6.07, 6.45) is 0. The molecule has 25 heavy (non-hydrogen) atoms. The molecule has 0 bridgehead atoms. The Balaban J connectivity index is 1.86. The number of amides is 2. The van der Waals surface area contributed by atoms with Crippen molar-refractivity contribution in [3.05, 3.63) is 57.7 Å². The minimum absolute atomic E-state index is 0.144. The van der Waals surface area contributed by atoms with E-state index >= 15 is 0 Å². The van der Waals surface area contributed by atoms with Crippen molar-refractivity contribution in [1.82, 2.24) is 5.32 Å². The molecule has 0 aliphatic carbocycles. The van der Waals surface area contributed by atoms with E-state index in [4.69, 9.17) is 4.74 Å². The van der Waals surface area contributed by atoms with E-state index in [0.717, 1.165) is 9.26 Å². The zero-order valence-corrected chi connectivity index (χ0v) is 16.0. The summed E-state index contributed by atoms with van der Waals surface area (Å²) < 4.78 is 6.03. The number of anilines is 2. The van der Waals surface area contributed by atoms with Crippen molar-refractivity contribution in [3.8, 4) is 0 Å². The highest BCUT2D eigenvalue weighted by Crippen LogP contribution is 2.12. The van der Waals surface area contributed by atoms with Gasteiger partial charge in [-0.2, -0.15) is 0 Å². The number of hydrogen-bond donors (Lipinski definition) is 3. The minimum atomic E-state index is -0.204. The van der Waals surface area contributed by atoms with Crippen LogP contribution in [-0.2, 0) is 9.53 Å². The first-order chi connectivity index (χ1) is 12.1. The third-order valence-electron chi connectivity index (χ3n) is 3.30. The van der Waals surface area contributed by atoms with Gasteiger partial charge < -0.3 is 20.7 Å². The van der Waals surface area contributed by atoms with Crippen LogP contribution in [0.3, 0.4) is 0 Å². The molecule has 0 atom stereocenters. The molecule has 0 aromatic heterocycles. The molecule has 0 unspecified atom stereocenters. The third kappa shape index (κ3) is 6.71. The molecule has 0 aliphatic rings. The van der Waals surface area contributed by atoms with Gasteiger partial charge in [0.2, 0.25) is 5.91 Å². The Morgan fingerprint density at radius 2 is 1.84 bits per heavy atom. The van der Waals surface area contributed by atoms with Crippen LogP contribution < -0.4 is 16.0 Å². The highest BCUT2D eigenvalue weighted by molar-refractivity contribution is 14.1. The number of nitrogens with one attached hydrogen (secondary N) is 3. The maximum absolute atomic E-state index is 12.1. The van der Waals surface area contributed by atoms with Crippen molar-refractivity contribution >= 4 is 45.8 Å². The SMILES string of the molecule is COCCNC(=O)c1cccc(NC(=O)CNc2ccc(I)cc2)c1. The van der Waals surface area contributed by atoms with Gasteiger partial charge in [0, 0.05) is 34.2 Å². The zero-order valence-electron chi connectivity index (χ0n) is 13.8. The van der Waals surface area contributed by atoms with Gasteiger partial charge in [-0.05, 0) is 65.1 Å². The predicted molar refractivity (Wildman–Crippen MR) is 107 cm³/mol. The Labute approximate surface area is 160 Å². The van der Waals surface area contributed by atoms with Gasteiger partial charge in [0.1, 0.15) is 0 Å². The summed E-state index contributed by atoms with van der Waals surface area (Å²) in [7, 11) is 1.58. The molecule has 2 aromatic carbocycles. The largest absolute Gasteiger partial charge is 0.383 e. The van der Waals surface area contributed by atoms with Crippen LogP contribution >= 0.6 is 22.6 Å². The smallest absolute Gasteiger partial charge is 0.251 e. The van der Waals surface area contributed by atoms with Gasteiger partial charge in [0.25, 0.3) is 5.91 Å². The molecule has 0 saturated carbocycles. The van der Waals surface area contributed by atoms with Crippen molar-refractivity contribution in [2.24, 2.45) is 0 Å². The Bertz CT molecular complexity index is 720. The Kier molecular flexibility index (Phi) is 7.68. The maximum Gasteiger partial charge on any atom is 0.251 e. The van der Waals surface area contributed by atoms with Crippen molar-refractivity contribution in [2.75, 3.05) is 37.4 Å². The van der Waals surface area contributed by atoms with Crippen LogP contribution in [0.4, 0.5) is 11.4 Å². The van der Waals surface area contributed by atoms with Crippen LogP contribution in [0.1, 0.15) is 10.4 Å². The topological polar surface area (TPSA) is 79.5 Å². The summed E-state index contributed by atoms with van der Waals surface area (Å²) in [5.74, 6) is -0.388. The van der Waals surface area contributed by atoms with E-state index in [2.05, 4.69) is 38.5 Å². The summed E-state index contributed by atoms with van der Waals surface area (Å²) in [4.78, 5) is 24.1. The van der Waals surface area contributed by atoms with Crippen LogP contribution in [-0.4, -0.2) is 38.6 Å². The molecule has 2 amide bonds. The van der Waals surface area contributed by atoms with Gasteiger partial charge in [-0.1, -0.05) is 6.07 Å². The van der Waals surface area contributed by atoms with Crippen LogP contribution in [0.2, 0.25) is 0 Å². The van der Waals surface area contributed by atoms with Gasteiger partial charge in [0.15, 0.2) is 0 Å². The molecule has 0 fully saturated rings. The van der Waals surface area contributed by atoms with Gasteiger partial charge in [-0.15, -0.1) is 0 Å². The summed E-state index contributed by atoms with van der Waals surface area (Å²) >= 11 is 2.23. The highest BCUT2D eigenvalue weighted by Gasteiger charge is 2.07. The average Bonchev–Trinajstić information content (AvgIpc) is 2.61. The van der Waals surface area contributed by atoms with E-state index in [1.54, 1.807) is 31.4 Å². The Hall–Kier alpha value is -2.13. The summed E-state index contributed by atoms with van der Waals surface area (Å²) in [6.45, 7) is 1.03. The molecule has 0 radical (unpaired) electrons. The van der Waals surface area contributed by atoms with Gasteiger partial charge in [0.05, 0.1) is 13.2 Å². The lowest BCUT2D eigenvalue weighted by atomic mass is 10.2. The minimum Gasteiger partial charge on any atom is -0.383 e. The van der Waals surface area contributed by atoms with E-state index < -0.39 is 0 Å². The lowest BCUT2D eigenvalue weighted by Gasteiger charge is -2.09. The lowest BCUT2D eigenvalue weighted by Crippen LogP contribution is -2.27. The van der Waals surface area contributed by atoms with E-state index in [1.165, 1.54) is 0 Å². The molecule has 0 spiro atoms. The molecule has 2 aromatic rings. The number of rotatable bonds is 8. The fourth-order valence-electron chi connectivity index (χ4n) is 2.06. The molecule has 7 heteroatoms. The number of halogens is 1. The average molecular weight is 453 g/mol. The summed E-state index contributed by atoms with van der Waals surface area (Å²) in [6, 6.07) is 14.6. The molecule has 0 heterocycles. The fraction of sp³-hybridized carbons (Fsp3) is 0.222. The number of methoxy groups -OCH3 is 1. The van der Waals surface area contributed by atoms with Crippen LogP contribution in [0.5, 0.6) is 0 Å². The number of hydrogen-bond acceptors (Lipinski definition) is 4.